The van der Waals surface area contributed by atoms with Crippen LogP contribution in [0.5, 0.6) is 0 Å². The highest BCUT2D eigenvalue weighted by Crippen LogP contribution is 2.33. The van der Waals surface area contributed by atoms with Crippen LogP contribution in [0.25, 0.3) is 17.0 Å². The van der Waals surface area contributed by atoms with Gasteiger partial charge in [-0.15, -0.1) is 0 Å². The zero-order valence-electron chi connectivity index (χ0n) is 20.0. The Kier molecular flexibility index (Phi) is 9.22. The molecule has 4 rings (SSSR count). The molecule has 3 N–H and O–H groups in total. The Balaban J connectivity index is 0.000000532. The number of carboxylic acid groups (broad SMARTS) is 1. The number of carbonyl (C=O) groups excluding carboxylic acids is 1. The number of hydrogen-bond donors (Lipinski definition) is 3. The number of anilines is 1. The van der Waals surface area contributed by atoms with Crippen LogP contribution in [-0.4, -0.2) is 60.1 Å². The first-order chi connectivity index (χ1) is 18.2. The van der Waals surface area contributed by atoms with Gasteiger partial charge in [0.25, 0.3) is 5.91 Å². The van der Waals surface area contributed by atoms with E-state index in [0.29, 0.717) is 26.5 Å². The van der Waals surface area contributed by atoms with Gasteiger partial charge in [-0.3, -0.25) is 14.5 Å². The predicted octanol–water partition coefficient (Wildman–Crippen LogP) is 4.63. The Bertz CT molecular complexity index is 1590. The van der Waals surface area contributed by atoms with E-state index >= 15 is 0 Å². The number of alkyl halides is 3. The number of aliphatic carboxylic acids is 1. The maximum absolute atomic E-state index is 12.4. The van der Waals surface area contributed by atoms with E-state index in [1.54, 1.807) is 12.3 Å². The molecule has 0 radical (unpaired) electrons. The maximum atomic E-state index is 12.4. The van der Waals surface area contributed by atoms with E-state index in [2.05, 4.69) is 20.0 Å². The van der Waals surface area contributed by atoms with Crippen molar-refractivity contribution in [2.75, 3.05) is 18.8 Å². The summed E-state index contributed by atoms with van der Waals surface area (Å²) < 4.78 is 59.3. The largest absolute Gasteiger partial charge is 0.490 e. The van der Waals surface area contributed by atoms with Crippen molar-refractivity contribution in [3.8, 4) is 0 Å². The first-order valence-electron chi connectivity index (χ1n) is 10.6. The molecule has 1 aliphatic heterocycles. The number of amidine groups is 1. The number of aliphatic imine (C=N–C) groups is 1. The number of hydrogen-bond acceptors (Lipinski definition) is 7. The molecule has 2 aromatic carbocycles. The third kappa shape index (κ3) is 8.16. The average Bonchev–Trinajstić information content (AvgIpc) is 3.19. The number of thioether (sulfide) groups is 1. The van der Waals surface area contributed by atoms with E-state index in [1.807, 2.05) is 30.3 Å². The van der Waals surface area contributed by atoms with E-state index in [1.165, 1.54) is 44.1 Å². The fraction of sp³-hybridized carbons (Fsp3) is 0.130. The summed E-state index contributed by atoms with van der Waals surface area (Å²) in [5.74, 6) is -3.03. The quantitative estimate of drug-likeness (QED) is 0.362. The predicted molar refractivity (Wildman–Crippen MR) is 144 cm³/mol. The van der Waals surface area contributed by atoms with Gasteiger partial charge in [-0.25, -0.2) is 9.79 Å². The molecule has 0 saturated carbocycles. The normalized spacial score (nSPS) is 15.8. The SMILES string of the molecule is CN(C)S(=O)(=O)Nc1ccc(Cl)c(N=C2NC(=O)C(=Cc3ccc4ncccc4c3)S2)c1.O=C(O)C(F)(F)F. The lowest BCUT2D eigenvalue weighted by Gasteiger charge is -2.13. The molecule has 1 amide bonds. The molecular weight excluding hydrogens is 583 g/mol. The third-order valence-electron chi connectivity index (χ3n) is 4.71. The Morgan fingerprint density at radius 2 is 1.90 bits per heavy atom. The minimum atomic E-state index is -5.08. The van der Waals surface area contributed by atoms with Gasteiger partial charge in [0.15, 0.2) is 5.17 Å². The third-order valence-corrected chi connectivity index (χ3v) is 7.40. The van der Waals surface area contributed by atoms with Crippen LogP contribution in [0.3, 0.4) is 0 Å². The summed E-state index contributed by atoms with van der Waals surface area (Å²) >= 11 is 7.40. The standard InChI is InChI=1S/C21H18ClN5O3S2.C2HF3O2/c1-27(2)32(29,30)26-15-6-7-16(22)18(12-15)24-21-25-20(28)19(31-21)11-13-5-8-17-14(10-13)4-3-9-23-17;3-2(4,5)1(6)7/h3-12,26H,1-2H3,(H,24,25,28);(H,6,7). The molecule has 1 aromatic heterocycles. The number of rotatable bonds is 5. The lowest BCUT2D eigenvalue weighted by Crippen LogP contribution is -2.28. The molecule has 16 heteroatoms. The summed E-state index contributed by atoms with van der Waals surface area (Å²) in [6.45, 7) is 0. The number of nitrogens with one attached hydrogen (secondary N) is 2. The van der Waals surface area contributed by atoms with Crippen molar-refractivity contribution in [2.24, 2.45) is 4.99 Å². The first-order valence-corrected chi connectivity index (χ1v) is 13.2. The number of fused-ring (bicyclic) bond motifs is 1. The maximum Gasteiger partial charge on any atom is 0.490 e. The Hall–Kier alpha value is -3.66. The van der Waals surface area contributed by atoms with E-state index in [4.69, 9.17) is 21.5 Å². The number of carboxylic acids is 1. The fourth-order valence-corrected chi connectivity index (χ4v) is 4.43. The number of halogens is 4. The van der Waals surface area contributed by atoms with Gasteiger partial charge in [-0.1, -0.05) is 23.7 Å². The highest BCUT2D eigenvalue weighted by Gasteiger charge is 2.38. The van der Waals surface area contributed by atoms with Crippen molar-refractivity contribution in [3.63, 3.8) is 0 Å². The fourth-order valence-electron chi connectivity index (χ4n) is 2.83. The number of carbonyl (C=O) groups is 2. The van der Waals surface area contributed by atoms with Crippen LogP contribution < -0.4 is 10.0 Å². The van der Waals surface area contributed by atoms with Crippen LogP contribution in [0, 0.1) is 0 Å². The number of pyridine rings is 1. The van der Waals surface area contributed by atoms with Gasteiger partial charge < -0.3 is 10.4 Å². The molecule has 0 atom stereocenters. The van der Waals surface area contributed by atoms with Gasteiger partial charge in [0, 0.05) is 25.7 Å². The molecule has 0 bridgehead atoms. The van der Waals surface area contributed by atoms with Gasteiger partial charge >= 0.3 is 22.4 Å². The van der Waals surface area contributed by atoms with Crippen LogP contribution in [0.1, 0.15) is 5.56 Å². The molecule has 0 spiro atoms. The Morgan fingerprint density at radius 1 is 1.21 bits per heavy atom. The summed E-state index contributed by atoms with van der Waals surface area (Å²) in [4.78, 5) is 30.5. The summed E-state index contributed by atoms with van der Waals surface area (Å²) in [6, 6.07) is 14.1. The van der Waals surface area contributed by atoms with E-state index in [-0.39, 0.29) is 5.91 Å². The molecule has 1 fully saturated rings. The Morgan fingerprint density at radius 3 is 2.54 bits per heavy atom. The minimum absolute atomic E-state index is 0.277. The summed E-state index contributed by atoms with van der Waals surface area (Å²) in [5.41, 5.74) is 2.37. The van der Waals surface area contributed by atoms with E-state index < -0.39 is 22.4 Å². The first kappa shape index (κ1) is 29.9. The zero-order valence-corrected chi connectivity index (χ0v) is 22.4. The van der Waals surface area contributed by atoms with Crippen molar-refractivity contribution >= 4 is 79.0 Å². The Labute approximate surface area is 229 Å². The van der Waals surface area contributed by atoms with Gasteiger partial charge in [0.2, 0.25) is 0 Å². The van der Waals surface area contributed by atoms with Crippen molar-refractivity contribution in [2.45, 2.75) is 6.18 Å². The highest BCUT2D eigenvalue weighted by molar-refractivity contribution is 8.18. The van der Waals surface area contributed by atoms with Crippen molar-refractivity contribution in [1.29, 1.82) is 0 Å². The van der Waals surface area contributed by atoms with Crippen LogP contribution in [0.2, 0.25) is 5.02 Å². The number of benzene rings is 2. The smallest absolute Gasteiger partial charge is 0.475 e. The summed E-state index contributed by atoms with van der Waals surface area (Å²) in [5, 5.41) is 11.5. The minimum Gasteiger partial charge on any atom is -0.475 e. The molecule has 10 nitrogen and oxygen atoms in total. The van der Waals surface area contributed by atoms with Crippen molar-refractivity contribution < 1.29 is 36.3 Å². The van der Waals surface area contributed by atoms with Gasteiger partial charge in [0.05, 0.1) is 26.8 Å². The second-order valence-corrected chi connectivity index (χ2v) is 11.1. The number of aromatic nitrogens is 1. The summed E-state index contributed by atoms with van der Waals surface area (Å²) in [6.07, 6.45) is -1.58. The van der Waals surface area contributed by atoms with Gasteiger partial charge in [0.1, 0.15) is 0 Å². The second-order valence-electron chi connectivity index (χ2n) is 7.80. The second kappa shape index (κ2) is 12.0. The lowest BCUT2D eigenvalue weighted by atomic mass is 10.1. The average molecular weight is 602 g/mol. The summed E-state index contributed by atoms with van der Waals surface area (Å²) in [7, 11) is -0.831. The van der Waals surface area contributed by atoms with E-state index in [0.717, 1.165) is 20.8 Å². The highest BCUT2D eigenvalue weighted by atomic mass is 35.5. The molecule has 2 heterocycles. The molecule has 3 aromatic rings. The van der Waals surface area contributed by atoms with Gasteiger partial charge in [-0.05, 0) is 59.8 Å². The van der Waals surface area contributed by atoms with Crippen LogP contribution in [0.4, 0.5) is 24.5 Å². The molecule has 39 heavy (non-hydrogen) atoms. The van der Waals surface area contributed by atoms with Crippen molar-refractivity contribution in [1.82, 2.24) is 14.6 Å². The van der Waals surface area contributed by atoms with E-state index in [9.17, 15) is 26.4 Å². The zero-order chi connectivity index (χ0) is 29.0. The molecule has 206 valence electrons. The molecular formula is C23H19ClF3N5O5S2. The van der Waals surface area contributed by atoms with Crippen LogP contribution in [-0.2, 0) is 19.8 Å². The molecule has 1 saturated heterocycles. The van der Waals surface area contributed by atoms with Crippen molar-refractivity contribution in [3.05, 3.63) is 70.2 Å². The number of amides is 1. The van der Waals surface area contributed by atoms with Crippen LogP contribution >= 0.6 is 23.4 Å². The monoisotopic (exact) mass is 601 g/mol. The molecule has 0 unspecified atom stereocenters. The topological polar surface area (TPSA) is 141 Å². The number of nitrogens with zero attached hydrogens (tertiary/aromatic N) is 3. The lowest BCUT2D eigenvalue weighted by molar-refractivity contribution is -0.192. The van der Waals surface area contributed by atoms with Crippen LogP contribution in [0.15, 0.2) is 64.6 Å². The molecule has 1 aliphatic rings. The van der Waals surface area contributed by atoms with Gasteiger partial charge in [-0.2, -0.15) is 25.9 Å². The molecule has 0 aliphatic carbocycles.